The number of carbonyl (C=O) groups is 1. The zero-order valence-electron chi connectivity index (χ0n) is 12.5. The monoisotopic (exact) mass is 279 g/mol. The van der Waals surface area contributed by atoms with Crippen LogP contribution in [-0.4, -0.2) is 12.3 Å². The van der Waals surface area contributed by atoms with Gasteiger partial charge in [0.05, 0.1) is 0 Å². The lowest BCUT2D eigenvalue weighted by Gasteiger charge is -2.25. The molecule has 0 fully saturated rings. The molecule has 1 aliphatic rings. The lowest BCUT2D eigenvalue weighted by atomic mass is 10.0. The van der Waals surface area contributed by atoms with Gasteiger partial charge in [0.2, 0.25) is 0 Å². The van der Waals surface area contributed by atoms with Gasteiger partial charge in [-0.15, -0.1) is 0 Å². The van der Waals surface area contributed by atoms with E-state index in [9.17, 15) is 4.79 Å². The Hall–Kier alpha value is -2.09. The van der Waals surface area contributed by atoms with E-state index in [-0.39, 0.29) is 5.78 Å². The Morgan fingerprint density at radius 1 is 1.05 bits per heavy atom. The molecule has 0 unspecified atom stereocenters. The summed E-state index contributed by atoms with van der Waals surface area (Å²) in [6, 6.07) is 16.7. The van der Waals surface area contributed by atoms with Crippen molar-refractivity contribution < 1.29 is 4.79 Å². The van der Waals surface area contributed by atoms with Crippen LogP contribution < -0.4 is 4.90 Å². The molecule has 0 aromatic heterocycles. The Morgan fingerprint density at radius 2 is 1.76 bits per heavy atom. The number of nitrogens with zero attached hydrogens (tertiary/aromatic N) is 1. The number of benzene rings is 2. The second-order valence-electron chi connectivity index (χ2n) is 5.59. The van der Waals surface area contributed by atoms with Crippen molar-refractivity contribution in [1.82, 2.24) is 0 Å². The molecule has 2 aromatic rings. The quantitative estimate of drug-likeness (QED) is 0.784. The molecule has 0 saturated heterocycles. The Labute approximate surface area is 126 Å². The third-order valence-electron chi connectivity index (χ3n) is 4.22. The van der Waals surface area contributed by atoms with Gasteiger partial charge < -0.3 is 4.90 Å². The number of aryl methyl sites for hydroxylation is 1. The predicted molar refractivity (Wildman–Crippen MR) is 86.9 cm³/mol. The van der Waals surface area contributed by atoms with Crippen LogP contribution in [0, 0.1) is 0 Å². The van der Waals surface area contributed by atoms with E-state index in [2.05, 4.69) is 35.2 Å². The van der Waals surface area contributed by atoms with E-state index in [0.717, 1.165) is 37.2 Å². The fourth-order valence-electron chi connectivity index (χ4n) is 3.08. The molecule has 0 saturated carbocycles. The summed E-state index contributed by atoms with van der Waals surface area (Å²) >= 11 is 0. The maximum absolute atomic E-state index is 12.2. The zero-order chi connectivity index (χ0) is 14.7. The van der Waals surface area contributed by atoms with E-state index >= 15 is 0 Å². The van der Waals surface area contributed by atoms with Crippen molar-refractivity contribution in [1.29, 1.82) is 0 Å². The highest BCUT2D eigenvalue weighted by Crippen LogP contribution is 2.27. The SMILES string of the molecule is CCC(=O)c1ccccc1N1CCCc2ccccc2C1. The highest BCUT2D eigenvalue weighted by molar-refractivity contribution is 6.01. The van der Waals surface area contributed by atoms with E-state index in [1.807, 2.05) is 25.1 Å². The Balaban J connectivity index is 1.96. The molecule has 2 nitrogen and oxygen atoms in total. The van der Waals surface area contributed by atoms with Crippen LogP contribution in [0.1, 0.15) is 41.3 Å². The van der Waals surface area contributed by atoms with Gasteiger partial charge in [-0.1, -0.05) is 43.3 Å². The molecule has 0 radical (unpaired) electrons. The summed E-state index contributed by atoms with van der Waals surface area (Å²) in [7, 11) is 0. The maximum Gasteiger partial charge on any atom is 0.164 e. The molecular weight excluding hydrogens is 258 g/mol. The van der Waals surface area contributed by atoms with Crippen LogP contribution in [0.5, 0.6) is 0 Å². The molecule has 0 atom stereocenters. The number of carbonyl (C=O) groups excluding carboxylic acids is 1. The summed E-state index contributed by atoms with van der Waals surface area (Å²) in [6.45, 7) is 3.82. The first-order chi connectivity index (χ1) is 10.3. The largest absolute Gasteiger partial charge is 0.367 e. The predicted octanol–water partition coefficient (Wildman–Crippen LogP) is 4.23. The lowest BCUT2D eigenvalue weighted by Crippen LogP contribution is -2.24. The number of hydrogen-bond donors (Lipinski definition) is 0. The number of Topliss-reactive ketones (excluding diaryl/α,β-unsaturated/α-hetero) is 1. The standard InChI is InChI=1S/C19H21NO/c1-2-19(21)17-11-5-6-12-18(17)20-13-7-10-15-8-3-4-9-16(15)14-20/h3-6,8-9,11-12H,2,7,10,13-14H2,1H3. The second kappa shape index (κ2) is 6.13. The van der Waals surface area contributed by atoms with E-state index in [1.54, 1.807) is 0 Å². The molecule has 108 valence electrons. The third-order valence-corrected chi connectivity index (χ3v) is 4.22. The highest BCUT2D eigenvalue weighted by atomic mass is 16.1. The minimum atomic E-state index is 0.225. The smallest absolute Gasteiger partial charge is 0.164 e. The normalized spacial score (nSPS) is 14.4. The fraction of sp³-hybridized carbons (Fsp3) is 0.316. The van der Waals surface area contributed by atoms with Crippen LogP contribution >= 0.6 is 0 Å². The molecule has 0 aliphatic carbocycles. The summed E-state index contributed by atoms with van der Waals surface area (Å²) < 4.78 is 0. The van der Waals surface area contributed by atoms with E-state index in [4.69, 9.17) is 0 Å². The Morgan fingerprint density at radius 3 is 2.57 bits per heavy atom. The van der Waals surface area contributed by atoms with Crippen molar-refractivity contribution in [3.05, 3.63) is 65.2 Å². The first-order valence-electron chi connectivity index (χ1n) is 7.73. The summed E-state index contributed by atoms with van der Waals surface area (Å²) in [6.07, 6.45) is 2.81. The molecule has 0 N–H and O–H groups in total. The number of ketones is 1. The van der Waals surface area contributed by atoms with Crippen LogP contribution in [0.4, 0.5) is 5.69 Å². The van der Waals surface area contributed by atoms with Gasteiger partial charge in [-0.25, -0.2) is 0 Å². The van der Waals surface area contributed by atoms with Crippen molar-refractivity contribution in [2.75, 3.05) is 11.4 Å². The average molecular weight is 279 g/mol. The van der Waals surface area contributed by atoms with Crippen LogP contribution in [-0.2, 0) is 13.0 Å². The van der Waals surface area contributed by atoms with Gasteiger partial charge in [0.25, 0.3) is 0 Å². The second-order valence-corrected chi connectivity index (χ2v) is 5.59. The number of para-hydroxylation sites is 1. The molecule has 1 aliphatic heterocycles. The van der Waals surface area contributed by atoms with Crippen LogP contribution in [0.25, 0.3) is 0 Å². The Kier molecular flexibility index (Phi) is 4.05. The van der Waals surface area contributed by atoms with Crippen molar-refractivity contribution in [2.45, 2.75) is 32.7 Å². The molecule has 0 amide bonds. The van der Waals surface area contributed by atoms with Gasteiger partial charge >= 0.3 is 0 Å². The molecule has 2 heteroatoms. The van der Waals surface area contributed by atoms with Crippen LogP contribution in [0.3, 0.4) is 0 Å². The zero-order valence-corrected chi connectivity index (χ0v) is 12.5. The molecule has 0 bridgehead atoms. The topological polar surface area (TPSA) is 20.3 Å². The van der Waals surface area contributed by atoms with Gasteiger partial charge in [-0.3, -0.25) is 4.79 Å². The average Bonchev–Trinajstić information content (AvgIpc) is 2.76. The summed E-state index contributed by atoms with van der Waals surface area (Å²) in [4.78, 5) is 14.5. The lowest BCUT2D eigenvalue weighted by molar-refractivity contribution is 0.0988. The van der Waals surface area contributed by atoms with Gasteiger partial charge in [0, 0.05) is 30.8 Å². The summed E-state index contributed by atoms with van der Waals surface area (Å²) in [5, 5.41) is 0. The van der Waals surface area contributed by atoms with Crippen molar-refractivity contribution in [3.63, 3.8) is 0 Å². The van der Waals surface area contributed by atoms with E-state index in [0.29, 0.717) is 6.42 Å². The Bertz CT molecular complexity index is 648. The molecule has 0 spiro atoms. The van der Waals surface area contributed by atoms with Crippen LogP contribution in [0.2, 0.25) is 0 Å². The first kappa shape index (κ1) is 13.9. The minimum absolute atomic E-state index is 0.225. The number of fused-ring (bicyclic) bond motifs is 1. The van der Waals surface area contributed by atoms with Gasteiger partial charge in [-0.05, 0) is 36.1 Å². The number of anilines is 1. The van der Waals surface area contributed by atoms with Gasteiger partial charge in [-0.2, -0.15) is 0 Å². The highest BCUT2D eigenvalue weighted by Gasteiger charge is 2.18. The minimum Gasteiger partial charge on any atom is -0.367 e. The summed E-state index contributed by atoms with van der Waals surface area (Å²) in [5.41, 5.74) is 4.77. The third kappa shape index (κ3) is 2.85. The number of rotatable bonds is 3. The van der Waals surface area contributed by atoms with E-state index in [1.165, 1.54) is 11.1 Å². The summed E-state index contributed by atoms with van der Waals surface area (Å²) in [5.74, 6) is 0.225. The first-order valence-corrected chi connectivity index (χ1v) is 7.73. The van der Waals surface area contributed by atoms with Crippen LogP contribution in [0.15, 0.2) is 48.5 Å². The maximum atomic E-state index is 12.2. The molecular formula is C19H21NO. The van der Waals surface area contributed by atoms with Crippen molar-refractivity contribution >= 4 is 11.5 Å². The van der Waals surface area contributed by atoms with Crippen molar-refractivity contribution in [3.8, 4) is 0 Å². The molecule has 3 rings (SSSR count). The molecule has 2 aromatic carbocycles. The molecule has 1 heterocycles. The number of hydrogen-bond acceptors (Lipinski definition) is 2. The fourth-order valence-corrected chi connectivity index (χ4v) is 3.08. The van der Waals surface area contributed by atoms with E-state index < -0.39 is 0 Å². The van der Waals surface area contributed by atoms with Crippen molar-refractivity contribution in [2.24, 2.45) is 0 Å². The van der Waals surface area contributed by atoms with Gasteiger partial charge in [0.15, 0.2) is 5.78 Å². The van der Waals surface area contributed by atoms with Gasteiger partial charge in [0.1, 0.15) is 0 Å². The molecule has 21 heavy (non-hydrogen) atoms.